The molecule has 2 atom stereocenters. The van der Waals surface area contributed by atoms with Gasteiger partial charge < -0.3 is 15.5 Å². The molecular weight excluding hydrogens is 174 g/mol. The van der Waals surface area contributed by atoms with E-state index in [1.54, 1.807) is 0 Å². The lowest BCUT2D eigenvalue weighted by molar-refractivity contribution is 0.286. The molecule has 1 saturated heterocycles. The van der Waals surface area contributed by atoms with E-state index in [-0.39, 0.29) is 0 Å². The van der Waals surface area contributed by atoms with E-state index in [0.717, 1.165) is 13.1 Å². The maximum atomic E-state index is 3.62. The zero-order valence-corrected chi connectivity index (χ0v) is 9.84. The molecule has 0 bridgehead atoms. The molecule has 1 fully saturated rings. The summed E-state index contributed by atoms with van der Waals surface area (Å²) in [5.74, 6) is 0. The van der Waals surface area contributed by atoms with E-state index in [1.807, 2.05) is 0 Å². The van der Waals surface area contributed by atoms with Gasteiger partial charge in [-0.3, -0.25) is 0 Å². The Morgan fingerprint density at radius 2 is 2.29 bits per heavy atom. The van der Waals surface area contributed by atoms with E-state index in [0.29, 0.717) is 12.1 Å². The molecule has 0 saturated carbocycles. The van der Waals surface area contributed by atoms with Gasteiger partial charge in [-0.15, -0.1) is 0 Å². The van der Waals surface area contributed by atoms with Crippen molar-refractivity contribution in [3.8, 4) is 0 Å². The van der Waals surface area contributed by atoms with Crippen LogP contribution < -0.4 is 10.6 Å². The van der Waals surface area contributed by atoms with Crippen molar-refractivity contribution in [1.29, 1.82) is 0 Å². The Morgan fingerprint density at radius 1 is 1.50 bits per heavy atom. The molecule has 0 aromatic carbocycles. The average molecular weight is 199 g/mol. The highest BCUT2D eigenvalue weighted by atomic mass is 15.1. The third kappa shape index (κ3) is 4.40. The molecule has 0 radical (unpaired) electrons. The number of piperidine rings is 1. The monoisotopic (exact) mass is 199 g/mol. The van der Waals surface area contributed by atoms with Gasteiger partial charge in [0.15, 0.2) is 0 Å². The molecule has 3 nitrogen and oxygen atoms in total. The van der Waals surface area contributed by atoms with Crippen molar-refractivity contribution in [1.82, 2.24) is 15.5 Å². The van der Waals surface area contributed by atoms with E-state index in [9.17, 15) is 0 Å². The summed E-state index contributed by atoms with van der Waals surface area (Å²) in [6.45, 7) is 5.77. The van der Waals surface area contributed by atoms with Crippen molar-refractivity contribution in [3.63, 3.8) is 0 Å². The van der Waals surface area contributed by atoms with Crippen LogP contribution in [0, 0.1) is 0 Å². The van der Waals surface area contributed by atoms with E-state index < -0.39 is 0 Å². The minimum atomic E-state index is 0.680. The van der Waals surface area contributed by atoms with Crippen LogP contribution in [0.4, 0.5) is 0 Å². The predicted octanol–water partition coefficient (Wildman–Crippen LogP) is 0.668. The SMILES string of the molecule is CC(CCNC1CCCNC1)N(C)C. The summed E-state index contributed by atoms with van der Waals surface area (Å²) in [5, 5.41) is 7.04. The first-order valence-corrected chi connectivity index (χ1v) is 5.80. The Labute approximate surface area is 88.2 Å². The minimum Gasteiger partial charge on any atom is -0.315 e. The number of rotatable bonds is 5. The van der Waals surface area contributed by atoms with Crippen molar-refractivity contribution in [2.24, 2.45) is 0 Å². The molecule has 3 heteroatoms. The van der Waals surface area contributed by atoms with Crippen LogP contribution in [0.1, 0.15) is 26.2 Å². The topological polar surface area (TPSA) is 27.3 Å². The van der Waals surface area contributed by atoms with Gasteiger partial charge in [-0.05, 0) is 53.4 Å². The van der Waals surface area contributed by atoms with Gasteiger partial charge in [-0.2, -0.15) is 0 Å². The summed E-state index contributed by atoms with van der Waals surface area (Å²) in [6.07, 6.45) is 3.90. The van der Waals surface area contributed by atoms with Crippen LogP contribution >= 0.6 is 0 Å². The Balaban J connectivity index is 2.02. The fourth-order valence-electron chi connectivity index (χ4n) is 1.78. The third-order valence-electron chi connectivity index (χ3n) is 3.17. The highest BCUT2D eigenvalue weighted by molar-refractivity contribution is 4.75. The van der Waals surface area contributed by atoms with Crippen molar-refractivity contribution >= 4 is 0 Å². The average Bonchev–Trinajstić information content (AvgIpc) is 2.19. The molecule has 1 heterocycles. The maximum absolute atomic E-state index is 3.62. The highest BCUT2D eigenvalue weighted by Gasteiger charge is 2.12. The molecule has 1 aliphatic rings. The quantitative estimate of drug-likeness (QED) is 0.681. The second-order valence-electron chi connectivity index (χ2n) is 4.60. The molecule has 0 aromatic heterocycles. The fraction of sp³-hybridized carbons (Fsp3) is 1.00. The third-order valence-corrected chi connectivity index (χ3v) is 3.17. The van der Waals surface area contributed by atoms with Crippen LogP contribution in [-0.4, -0.2) is 50.7 Å². The number of nitrogens with zero attached hydrogens (tertiary/aromatic N) is 1. The van der Waals surface area contributed by atoms with Gasteiger partial charge in [0.05, 0.1) is 0 Å². The van der Waals surface area contributed by atoms with Crippen molar-refractivity contribution in [3.05, 3.63) is 0 Å². The van der Waals surface area contributed by atoms with Crippen molar-refractivity contribution in [2.75, 3.05) is 33.7 Å². The van der Waals surface area contributed by atoms with Crippen LogP contribution in [0.15, 0.2) is 0 Å². The maximum Gasteiger partial charge on any atom is 0.0192 e. The molecule has 0 amide bonds. The van der Waals surface area contributed by atoms with Gasteiger partial charge in [0.2, 0.25) is 0 Å². The fourth-order valence-corrected chi connectivity index (χ4v) is 1.78. The molecule has 2 unspecified atom stereocenters. The van der Waals surface area contributed by atoms with Gasteiger partial charge in [-0.1, -0.05) is 0 Å². The number of hydrogen-bond acceptors (Lipinski definition) is 3. The van der Waals surface area contributed by atoms with E-state index in [1.165, 1.54) is 25.8 Å². The van der Waals surface area contributed by atoms with Crippen LogP contribution in [0.25, 0.3) is 0 Å². The molecule has 14 heavy (non-hydrogen) atoms. The Kier molecular flexibility index (Phi) is 5.45. The van der Waals surface area contributed by atoms with Gasteiger partial charge in [-0.25, -0.2) is 0 Å². The second kappa shape index (κ2) is 6.38. The predicted molar refractivity (Wildman–Crippen MR) is 61.7 cm³/mol. The molecule has 1 aliphatic heterocycles. The van der Waals surface area contributed by atoms with E-state index >= 15 is 0 Å². The van der Waals surface area contributed by atoms with Gasteiger partial charge >= 0.3 is 0 Å². The standard InChI is InChI=1S/C11H25N3/c1-10(14(2)3)6-8-13-11-5-4-7-12-9-11/h10-13H,4-9H2,1-3H3. The van der Waals surface area contributed by atoms with E-state index in [4.69, 9.17) is 0 Å². The summed E-state index contributed by atoms with van der Waals surface area (Å²) < 4.78 is 0. The lowest BCUT2D eigenvalue weighted by atomic mass is 10.1. The van der Waals surface area contributed by atoms with E-state index in [2.05, 4.69) is 36.6 Å². The van der Waals surface area contributed by atoms with Crippen molar-refractivity contribution in [2.45, 2.75) is 38.3 Å². The normalized spacial score (nSPS) is 25.3. The summed E-state index contributed by atoms with van der Waals surface area (Å²) in [6, 6.07) is 1.39. The molecular formula is C11H25N3. The van der Waals surface area contributed by atoms with Gasteiger partial charge in [0.25, 0.3) is 0 Å². The summed E-state index contributed by atoms with van der Waals surface area (Å²) in [5.41, 5.74) is 0. The number of hydrogen-bond donors (Lipinski definition) is 2. The summed E-state index contributed by atoms with van der Waals surface area (Å²) in [7, 11) is 4.29. The van der Waals surface area contributed by atoms with Crippen LogP contribution in [0.3, 0.4) is 0 Å². The lowest BCUT2D eigenvalue weighted by Crippen LogP contribution is -2.44. The zero-order chi connectivity index (χ0) is 10.4. The Bertz CT molecular complexity index is 141. The first-order valence-electron chi connectivity index (χ1n) is 5.80. The molecule has 2 N–H and O–H groups in total. The number of nitrogens with one attached hydrogen (secondary N) is 2. The Hall–Kier alpha value is -0.120. The van der Waals surface area contributed by atoms with Gasteiger partial charge in [0, 0.05) is 18.6 Å². The van der Waals surface area contributed by atoms with Gasteiger partial charge in [0.1, 0.15) is 0 Å². The smallest absolute Gasteiger partial charge is 0.0192 e. The lowest BCUT2D eigenvalue weighted by Gasteiger charge is -2.25. The second-order valence-corrected chi connectivity index (χ2v) is 4.60. The first-order chi connectivity index (χ1) is 6.70. The minimum absolute atomic E-state index is 0.680. The van der Waals surface area contributed by atoms with Crippen LogP contribution in [0.5, 0.6) is 0 Å². The first kappa shape index (κ1) is 12.0. The van der Waals surface area contributed by atoms with Crippen molar-refractivity contribution < 1.29 is 0 Å². The molecule has 0 spiro atoms. The summed E-state index contributed by atoms with van der Waals surface area (Å²) in [4.78, 5) is 2.28. The zero-order valence-electron chi connectivity index (χ0n) is 9.84. The molecule has 0 aliphatic carbocycles. The highest BCUT2D eigenvalue weighted by Crippen LogP contribution is 2.02. The van der Waals surface area contributed by atoms with Crippen LogP contribution in [-0.2, 0) is 0 Å². The Morgan fingerprint density at radius 3 is 2.86 bits per heavy atom. The molecule has 84 valence electrons. The summed E-state index contributed by atoms with van der Waals surface area (Å²) >= 11 is 0. The molecule has 0 aromatic rings. The largest absolute Gasteiger partial charge is 0.315 e. The van der Waals surface area contributed by atoms with Crippen LogP contribution in [0.2, 0.25) is 0 Å². The molecule has 1 rings (SSSR count).